The van der Waals surface area contributed by atoms with Crippen LogP contribution < -0.4 is 5.63 Å². The largest absolute Gasteiger partial charge is 0.423 e. The average molecular weight is 330 g/mol. The van der Waals surface area contributed by atoms with E-state index in [4.69, 9.17) is 4.42 Å². The number of nitrogens with zero attached hydrogens (tertiary/aromatic N) is 2. The summed E-state index contributed by atoms with van der Waals surface area (Å²) >= 11 is 0. The van der Waals surface area contributed by atoms with E-state index in [1.165, 1.54) is 5.56 Å². The van der Waals surface area contributed by atoms with Crippen molar-refractivity contribution in [3.8, 4) is 0 Å². The van der Waals surface area contributed by atoms with Gasteiger partial charge in [-0.25, -0.2) is 4.79 Å². The zero-order valence-corrected chi connectivity index (χ0v) is 14.9. The Hall–Kier alpha value is -1.69. The van der Waals surface area contributed by atoms with Crippen molar-refractivity contribution in [2.45, 2.75) is 38.9 Å². The first kappa shape index (κ1) is 17.1. The maximum absolute atomic E-state index is 12.0. The van der Waals surface area contributed by atoms with E-state index in [-0.39, 0.29) is 18.3 Å². The minimum Gasteiger partial charge on any atom is -0.423 e. The predicted octanol–water partition coefficient (Wildman–Crippen LogP) is 1.91. The molecule has 3 rings (SSSR count). The van der Waals surface area contributed by atoms with Crippen molar-refractivity contribution in [3.63, 3.8) is 0 Å². The van der Waals surface area contributed by atoms with Crippen LogP contribution in [0, 0.1) is 13.8 Å². The number of hydrogen-bond acceptors (Lipinski definition) is 5. The molecule has 1 aliphatic rings. The first-order valence-corrected chi connectivity index (χ1v) is 8.44. The maximum atomic E-state index is 12.0. The summed E-state index contributed by atoms with van der Waals surface area (Å²) in [6, 6.07) is 6.18. The van der Waals surface area contributed by atoms with Crippen molar-refractivity contribution in [1.82, 2.24) is 9.80 Å². The summed E-state index contributed by atoms with van der Waals surface area (Å²) in [5, 5.41) is 10.7. The minimum absolute atomic E-state index is 0.131. The number of likely N-dealkylation sites (tertiary alicyclic amines) is 1. The van der Waals surface area contributed by atoms with E-state index in [0.29, 0.717) is 18.2 Å². The van der Waals surface area contributed by atoms with Gasteiger partial charge in [-0.15, -0.1) is 0 Å². The highest BCUT2D eigenvalue weighted by atomic mass is 16.4. The van der Waals surface area contributed by atoms with E-state index in [1.807, 2.05) is 13.0 Å². The topological polar surface area (TPSA) is 56.9 Å². The third-order valence-electron chi connectivity index (χ3n) is 5.26. The van der Waals surface area contributed by atoms with Gasteiger partial charge in [-0.3, -0.25) is 4.90 Å². The van der Waals surface area contributed by atoms with Crippen molar-refractivity contribution < 1.29 is 9.52 Å². The van der Waals surface area contributed by atoms with Crippen molar-refractivity contribution in [3.05, 3.63) is 45.3 Å². The zero-order chi connectivity index (χ0) is 17.4. The molecule has 0 amide bonds. The van der Waals surface area contributed by atoms with Crippen LogP contribution in [0.5, 0.6) is 0 Å². The first-order valence-electron chi connectivity index (χ1n) is 8.44. The Bertz CT molecular complexity index is 797. The number of aryl methyl sites for hydroxylation is 2. The van der Waals surface area contributed by atoms with Crippen molar-refractivity contribution >= 4 is 11.0 Å². The highest BCUT2D eigenvalue weighted by Crippen LogP contribution is 2.27. The second-order valence-electron chi connectivity index (χ2n) is 7.14. The fraction of sp³-hybridized carbons (Fsp3) is 0.526. The quantitative estimate of drug-likeness (QED) is 0.868. The van der Waals surface area contributed by atoms with Gasteiger partial charge in [0, 0.05) is 36.6 Å². The van der Waals surface area contributed by atoms with E-state index in [1.54, 1.807) is 6.07 Å². The summed E-state index contributed by atoms with van der Waals surface area (Å²) in [5.74, 6) is 0. The van der Waals surface area contributed by atoms with Gasteiger partial charge in [0.25, 0.3) is 0 Å². The number of fused-ring (bicyclic) bond motifs is 1. The Balaban J connectivity index is 1.97. The Morgan fingerprint density at radius 3 is 2.62 bits per heavy atom. The zero-order valence-electron chi connectivity index (χ0n) is 14.9. The predicted molar refractivity (Wildman–Crippen MR) is 95.3 cm³/mol. The van der Waals surface area contributed by atoms with E-state index in [0.717, 1.165) is 29.5 Å². The van der Waals surface area contributed by atoms with Gasteiger partial charge in [-0.05, 0) is 63.2 Å². The summed E-state index contributed by atoms with van der Waals surface area (Å²) in [7, 11) is 4.14. The fourth-order valence-corrected chi connectivity index (χ4v) is 3.55. The molecule has 1 aliphatic heterocycles. The molecule has 1 saturated heterocycles. The third kappa shape index (κ3) is 3.24. The molecule has 0 aliphatic carbocycles. The molecule has 5 heteroatoms. The lowest BCUT2D eigenvalue weighted by Crippen LogP contribution is -2.33. The molecule has 2 atom stereocenters. The van der Waals surface area contributed by atoms with Gasteiger partial charge < -0.3 is 14.4 Å². The van der Waals surface area contributed by atoms with Crippen LogP contribution in [0.3, 0.4) is 0 Å². The van der Waals surface area contributed by atoms with Crippen LogP contribution >= 0.6 is 0 Å². The second-order valence-corrected chi connectivity index (χ2v) is 7.14. The molecule has 1 fully saturated rings. The van der Waals surface area contributed by atoms with Gasteiger partial charge in [0.1, 0.15) is 5.58 Å². The van der Waals surface area contributed by atoms with Crippen molar-refractivity contribution in [2.75, 3.05) is 27.2 Å². The van der Waals surface area contributed by atoms with E-state index >= 15 is 0 Å². The fourth-order valence-electron chi connectivity index (χ4n) is 3.55. The average Bonchev–Trinajstić information content (AvgIpc) is 2.92. The summed E-state index contributed by atoms with van der Waals surface area (Å²) in [6.45, 7) is 5.77. The van der Waals surface area contributed by atoms with Gasteiger partial charge >= 0.3 is 5.63 Å². The molecule has 5 nitrogen and oxygen atoms in total. The van der Waals surface area contributed by atoms with Gasteiger partial charge in [0.15, 0.2) is 0 Å². The number of likely N-dealkylation sites (N-methyl/N-ethyl adjacent to an activating group) is 1. The molecular formula is C19H26N2O3. The second kappa shape index (κ2) is 6.67. The molecule has 0 radical (unpaired) electrons. The Labute approximate surface area is 142 Å². The number of aliphatic hydroxyl groups is 1. The molecule has 1 aromatic heterocycles. The lowest BCUT2D eigenvalue weighted by atomic mass is 10.0. The molecule has 130 valence electrons. The Morgan fingerprint density at radius 2 is 1.96 bits per heavy atom. The summed E-state index contributed by atoms with van der Waals surface area (Å²) < 4.78 is 5.38. The summed E-state index contributed by atoms with van der Waals surface area (Å²) in [6.07, 6.45) is 0.945. The van der Waals surface area contributed by atoms with Crippen LogP contribution in [0.1, 0.15) is 23.1 Å². The highest BCUT2D eigenvalue weighted by Gasteiger charge is 2.32. The molecule has 1 aromatic carbocycles. The van der Waals surface area contributed by atoms with E-state index < -0.39 is 0 Å². The van der Waals surface area contributed by atoms with Crippen LogP contribution in [0.2, 0.25) is 0 Å². The first-order chi connectivity index (χ1) is 11.4. The molecule has 0 unspecified atom stereocenters. The van der Waals surface area contributed by atoms with E-state index in [9.17, 15) is 9.90 Å². The smallest absolute Gasteiger partial charge is 0.336 e. The third-order valence-corrected chi connectivity index (χ3v) is 5.26. The van der Waals surface area contributed by atoms with Gasteiger partial charge in [0.2, 0.25) is 0 Å². The van der Waals surface area contributed by atoms with Crippen molar-refractivity contribution in [2.24, 2.45) is 0 Å². The number of aliphatic hydroxyl groups excluding tert-OH is 1. The molecular weight excluding hydrogens is 304 g/mol. The molecule has 1 N–H and O–H groups in total. The SMILES string of the molecule is Cc1cc2oc(=O)cc(CN3C[C@H](N(C)C)C[C@H]3CO)c2cc1C. The number of rotatable bonds is 4. The minimum atomic E-state index is -0.315. The van der Waals surface area contributed by atoms with Gasteiger partial charge in [-0.1, -0.05) is 0 Å². The number of benzene rings is 1. The van der Waals surface area contributed by atoms with Crippen LogP contribution in [0.4, 0.5) is 0 Å². The van der Waals surface area contributed by atoms with Crippen LogP contribution in [-0.4, -0.2) is 54.2 Å². The van der Waals surface area contributed by atoms with Crippen LogP contribution in [0.25, 0.3) is 11.0 Å². The van der Waals surface area contributed by atoms with Crippen LogP contribution in [-0.2, 0) is 6.54 Å². The van der Waals surface area contributed by atoms with Crippen molar-refractivity contribution in [1.29, 1.82) is 0 Å². The molecule has 0 saturated carbocycles. The Kier molecular flexibility index (Phi) is 4.76. The molecule has 2 aromatic rings. The normalized spacial score (nSPS) is 21.9. The lowest BCUT2D eigenvalue weighted by Gasteiger charge is -2.23. The van der Waals surface area contributed by atoms with Gasteiger partial charge in [0.05, 0.1) is 6.61 Å². The Morgan fingerprint density at radius 1 is 1.25 bits per heavy atom. The van der Waals surface area contributed by atoms with Gasteiger partial charge in [-0.2, -0.15) is 0 Å². The maximum Gasteiger partial charge on any atom is 0.336 e. The molecule has 2 heterocycles. The van der Waals surface area contributed by atoms with Crippen LogP contribution in [0.15, 0.2) is 27.4 Å². The summed E-state index contributed by atoms with van der Waals surface area (Å²) in [5.41, 5.74) is 3.60. The number of hydrogen-bond donors (Lipinski definition) is 1. The lowest BCUT2D eigenvalue weighted by molar-refractivity contribution is 0.153. The summed E-state index contributed by atoms with van der Waals surface area (Å²) in [4.78, 5) is 16.4. The van der Waals surface area contributed by atoms with E-state index in [2.05, 4.69) is 36.9 Å². The molecule has 24 heavy (non-hydrogen) atoms. The molecule has 0 spiro atoms. The highest BCUT2D eigenvalue weighted by molar-refractivity contribution is 5.81. The monoisotopic (exact) mass is 330 g/mol. The standard InChI is InChI=1S/C19H26N2O3/c1-12-5-17-14(7-19(23)24-18(17)6-13(12)2)9-21-10-15(20(3)4)8-16(21)11-22/h5-7,15-16,22H,8-11H2,1-4H3/t15-,16+/m1/s1. The molecule has 0 bridgehead atoms.